The van der Waals surface area contributed by atoms with Gasteiger partial charge in [-0.05, 0) is 30.7 Å². The normalized spacial score (nSPS) is 21.8. The van der Waals surface area contributed by atoms with Gasteiger partial charge in [0.05, 0.1) is 12.6 Å². The molecule has 8 nitrogen and oxygen atoms in total. The van der Waals surface area contributed by atoms with Crippen LogP contribution in [-0.4, -0.2) is 47.2 Å². The van der Waals surface area contributed by atoms with Gasteiger partial charge in [0.25, 0.3) is 6.43 Å². The number of aliphatic hydroxyl groups is 1. The van der Waals surface area contributed by atoms with Crippen molar-refractivity contribution >= 4 is 23.4 Å². The van der Waals surface area contributed by atoms with Crippen LogP contribution in [0, 0.1) is 0 Å². The summed E-state index contributed by atoms with van der Waals surface area (Å²) in [7, 11) is 0. The summed E-state index contributed by atoms with van der Waals surface area (Å²) in [6.45, 7) is 1.76. The van der Waals surface area contributed by atoms with Gasteiger partial charge in [0, 0.05) is 36.4 Å². The lowest BCUT2D eigenvalue weighted by Crippen LogP contribution is -2.48. The quantitative estimate of drug-likeness (QED) is 0.562. The average molecular weight is 446 g/mol. The molecule has 10 heteroatoms. The van der Waals surface area contributed by atoms with Crippen molar-refractivity contribution < 1.29 is 28.2 Å². The highest BCUT2D eigenvalue weighted by molar-refractivity contribution is 5.95. The molecule has 0 aliphatic carbocycles. The van der Waals surface area contributed by atoms with Crippen LogP contribution in [0.5, 0.6) is 5.75 Å². The number of hydrogen-bond donors (Lipinski definition) is 4. The highest BCUT2D eigenvalue weighted by Gasteiger charge is 2.44. The van der Waals surface area contributed by atoms with Crippen LogP contribution in [0.25, 0.3) is 0 Å². The largest absolute Gasteiger partial charge is 0.481 e. The molecule has 0 aromatic heterocycles. The van der Waals surface area contributed by atoms with Gasteiger partial charge < -0.3 is 30.7 Å². The molecule has 0 saturated heterocycles. The van der Waals surface area contributed by atoms with E-state index in [2.05, 4.69) is 16.0 Å². The zero-order chi connectivity index (χ0) is 22.9. The summed E-state index contributed by atoms with van der Waals surface area (Å²) >= 11 is 0. The van der Waals surface area contributed by atoms with Gasteiger partial charge >= 0.3 is 12.1 Å². The number of β-amino-alcohol motifs (C(OH)–C–C–N with tert-alkyl or cyclic N) is 1. The van der Waals surface area contributed by atoms with Crippen LogP contribution in [0.4, 0.5) is 29.7 Å². The number of nitrogens with one attached hydrogen (secondary N) is 3. The SMILES string of the molecule is C[C@]1(C(F)F)C[C@@H](NC(=O)Nc2ccc3c(c2)NC(=O)N(CCO)C3)c2ccccc2O1. The lowest BCUT2D eigenvalue weighted by atomic mass is 9.88. The maximum absolute atomic E-state index is 13.6. The summed E-state index contributed by atoms with van der Waals surface area (Å²) < 4.78 is 32.8. The Labute approximate surface area is 183 Å². The molecule has 2 aromatic carbocycles. The molecule has 4 rings (SSSR count). The number of hydrogen-bond acceptors (Lipinski definition) is 4. The zero-order valence-corrected chi connectivity index (χ0v) is 17.4. The second-order valence-electron chi connectivity index (χ2n) is 8.06. The van der Waals surface area contributed by atoms with Crippen molar-refractivity contribution in [1.82, 2.24) is 10.2 Å². The van der Waals surface area contributed by atoms with Crippen molar-refractivity contribution in [1.29, 1.82) is 0 Å². The monoisotopic (exact) mass is 446 g/mol. The smallest absolute Gasteiger partial charge is 0.322 e. The van der Waals surface area contributed by atoms with E-state index >= 15 is 0 Å². The lowest BCUT2D eigenvalue weighted by molar-refractivity contribution is -0.0824. The molecule has 2 aliphatic heterocycles. The van der Waals surface area contributed by atoms with Crippen molar-refractivity contribution in [2.24, 2.45) is 0 Å². The van der Waals surface area contributed by atoms with E-state index in [4.69, 9.17) is 9.84 Å². The second-order valence-corrected chi connectivity index (χ2v) is 8.06. The standard InChI is InChI=1S/C22H24F2N4O4/c1-22(19(23)24)11-17(15-4-2-3-5-18(15)32-22)26-20(30)25-14-7-6-13-12-28(8-9-29)21(31)27-16(13)10-14/h2-7,10,17,19,29H,8-9,11-12H2,1H3,(H,27,31)(H2,25,26,30)/t17-,22-/m1/s1. The number of amides is 4. The highest BCUT2D eigenvalue weighted by Crippen LogP contribution is 2.42. The molecule has 2 atom stereocenters. The molecule has 0 fully saturated rings. The number of carbonyl (C=O) groups is 2. The molecule has 0 unspecified atom stereocenters. The van der Waals surface area contributed by atoms with Gasteiger partial charge in [0.1, 0.15) is 5.75 Å². The topological polar surface area (TPSA) is 103 Å². The van der Waals surface area contributed by atoms with E-state index in [0.29, 0.717) is 29.2 Å². The van der Waals surface area contributed by atoms with Crippen LogP contribution >= 0.6 is 0 Å². The number of benzene rings is 2. The number of aliphatic hydroxyl groups excluding tert-OH is 1. The minimum absolute atomic E-state index is 0.0873. The molecule has 0 saturated carbocycles. The Hall–Kier alpha value is -3.40. The number of ether oxygens (including phenoxy) is 1. The van der Waals surface area contributed by atoms with E-state index in [1.807, 2.05) is 0 Å². The Kier molecular flexibility index (Phi) is 5.88. The summed E-state index contributed by atoms with van der Waals surface area (Å²) in [4.78, 5) is 26.3. The number of alkyl halides is 2. The Morgan fingerprint density at radius 1 is 1.34 bits per heavy atom. The fourth-order valence-electron chi connectivity index (χ4n) is 3.94. The second kappa shape index (κ2) is 8.62. The third-order valence-corrected chi connectivity index (χ3v) is 5.64. The molecular formula is C22H24F2N4O4. The molecule has 0 bridgehead atoms. The zero-order valence-electron chi connectivity index (χ0n) is 17.4. The van der Waals surface area contributed by atoms with Crippen molar-refractivity contribution in [2.45, 2.75) is 38.0 Å². The summed E-state index contributed by atoms with van der Waals surface area (Å²) in [6.07, 6.45) is -2.81. The lowest BCUT2D eigenvalue weighted by Gasteiger charge is -2.39. The number of urea groups is 2. The fraction of sp³-hybridized carbons (Fsp3) is 0.364. The van der Waals surface area contributed by atoms with Gasteiger partial charge in [-0.2, -0.15) is 0 Å². The van der Waals surface area contributed by atoms with Gasteiger partial charge in [-0.3, -0.25) is 0 Å². The first-order valence-electron chi connectivity index (χ1n) is 10.2. The number of fused-ring (bicyclic) bond motifs is 2. The van der Waals surface area contributed by atoms with Crippen LogP contribution in [0.3, 0.4) is 0 Å². The summed E-state index contributed by atoms with van der Waals surface area (Å²) in [5.74, 6) is 0.316. The third kappa shape index (κ3) is 4.31. The summed E-state index contributed by atoms with van der Waals surface area (Å²) in [5.41, 5.74) is 0.748. The van der Waals surface area contributed by atoms with E-state index < -0.39 is 24.1 Å². The van der Waals surface area contributed by atoms with Gasteiger partial charge in [-0.15, -0.1) is 0 Å². The Bertz CT molecular complexity index is 1030. The highest BCUT2D eigenvalue weighted by atomic mass is 19.3. The average Bonchev–Trinajstić information content (AvgIpc) is 2.74. The van der Waals surface area contributed by atoms with Crippen molar-refractivity contribution in [2.75, 3.05) is 23.8 Å². The van der Waals surface area contributed by atoms with Crippen LogP contribution in [0.2, 0.25) is 0 Å². The Morgan fingerprint density at radius 2 is 2.12 bits per heavy atom. The first-order chi connectivity index (χ1) is 15.3. The minimum Gasteiger partial charge on any atom is -0.481 e. The van der Waals surface area contributed by atoms with Crippen molar-refractivity contribution in [3.8, 4) is 5.75 Å². The third-order valence-electron chi connectivity index (χ3n) is 5.64. The fourth-order valence-corrected chi connectivity index (χ4v) is 3.94. The van der Waals surface area contributed by atoms with Gasteiger partial charge in [0.15, 0.2) is 5.60 Å². The van der Waals surface area contributed by atoms with E-state index in [1.54, 1.807) is 42.5 Å². The summed E-state index contributed by atoms with van der Waals surface area (Å²) in [5, 5.41) is 17.2. The number of nitrogens with zero attached hydrogens (tertiary/aromatic N) is 1. The Balaban J connectivity index is 1.47. The molecule has 4 N–H and O–H groups in total. The van der Waals surface area contributed by atoms with Crippen molar-refractivity contribution in [3.63, 3.8) is 0 Å². The molecule has 170 valence electrons. The predicted octanol–water partition coefficient (Wildman–Crippen LogP) is 3.70. The van der Waals surface area contributed by atoms with E-state index in [0.717, 1.165) is 5.56 Å². The minimum atomic E-state index is -2.72. The molecular weight excluding hydrogens is 422 g/mol. The van der Waals surface area contributed by atoms with Gasteiger partial charge in [-0.1, -0.05) is 24.3 Å². The van der Waals surface area contributed by atoms with Gasteiger partial charge in [-0.25, -0.2) is 18.4 Å². The van der Waals surface area contributed by atoms with Crippen LogP contribution in [0.15, 0.2) is 42.5 Å². The molecule has 2 aliphatic rings. The number of para-hydroxylation sites is 1. The van der Waals surface area contributed by atoms with Gasteiger partial charge in [0.2, 0.25) is 0 Å². The van der Waals surface area contributed by atoms with E-state index in [1.165, 1.54) is 11.8 Å². The predicted molar refractivity (Wildman–Crippen MR) is 114 cm³/mol. The number of halogens is 2. The molecule has 32 heavy (non-hydrogen) atoms. The molecule has 0 spiro atoms. The number of rotatable bonds is 5. The van der Waals surface area contributed by atoms with Crippen molar-refractivity contribution in [3.05, 3.63) is 53.6 Å². The summed E-state index contributed by atoms with van der Waals surface area (Å²) in [6, 6.07) is 10.3. The van der Waals surface area contributed by atoms with Crippen LogP contribution in [-0.2, 0) is 6.54 Å². The van der Waals surface area contributed by atoms with Crippen LogP contribution in [0.1, 0.15) is 30.5 Å². The van der Waals surface area contributed by atoms with E-state index in [9.17, 15) is 18.4 Å². The number of anilines is 2. The molecule has 2 aromatic rings. The molecule has 0 radical (unpaired) electrons. The van der Waals surface area contributed by atoms with E-state index in [-0.39, 0.29) is 25.6 Å². The number of carbonyl (C=O) groups excluding carboxylic acids is 2. The Morgan fingerprint density at radius 3 is 2.88 bits per heavy atom. The maximum Gasteiger partial charge on any atom is 0.322 e. The first-order valence-corrected chi connectivity index (χ1v) is 10.2. The molecule has 4 amide bonds. The molecule has 2 heterocycles. The van der Waals surface area contributed by atoms with Crippen LogP contribution < -0.4 is 20.7 Å². The first kappa shape index (κ1) is 21.8. The maximum atomic E-state index is 13.6.